The fraction of sp³-hybridized carbons (Fsp3) is 0.400. The first-order valence-electron chi connectivity index (χ1n) is 4.79. The molecule has 6 heteroatoms. The molecule has 16 heavy (non-hydrogen) atoms. The Morgan fingerprint density at radius 2 is 1.62 bits per heavy atom. The van der Waals surface area contributed by atoms with Crippen molar-refractivity contribution in [3.05, 3.63) is 29.8 Å². The van der Waals surface area contributed by atoms with Crippen LogP contribution in [0.25, 0.3) is 0 Å². The monoisotopic (exact) mass is 246 g/mol. The van der Waals surface area contributed by atoms with Gasteiger partial charge in [0.05, 0.1) is 18.1 Å². The Morgan fingerprint density at radius 1 is 1.12 bits per heavy atom. The molecule has 0 bridgehead atoms. The summed E-state index contributed by atoms with van der Waals surface area (Å²) in [4.78, 5) is 8.82. The topological polar surface area (TPSA) is 72.8 Å². The molecule has 2 rings (SSSR count). The Hall–Kier alpha value is -0.950. The fourth-order valence-electron chi connectivity index (χ4n) is 1.00. The van der Waals surface area contributed by atoms with E-state index in [0.29, 0.717) is 0 Å². The summed E-state index contributed by atoms with van der Waals surface area (Å²) in [7, 11) is -4.02. The molecule has 1 aliphatic heterocycles. The molecule has 0 aliphatic carbocycles. The van der Waals surface area contributed by atoms with Crippen LogP contribution in [0, 0.1) is 6.92 Å². The van der Waals surface area contributed by atoms with E-state index in [1.807, 2.05) is 6.92 Å². The lowest BCUT2D eigenvalue weighted by atomic mass is 10.2. The van der Waals surface area contributed by atoms with Crippen molar-refractivity contribution < 1.29 is 22.7 Å². The Morgan fingerprint density at radius 3 is 1.94 bits per heavy atom. The number of benzene rings is 1. The van der Waals surface area contributed by atoms with Gasteiger partial charge in [0.1, 0.15) is 0 Å². The Balaban J connectivity index is 0.000000212. The summed E-state index contributed by atoms with van der Waals surface area (Å²) in [6, 6.07) is 5.99. The van der Waals surface area contributed by atoms with E-state index in [-0.39, 0.29) is 4.90 Å². The van der Waals surface area contributed by atoms with Crippen molar-refractivity contribution in [2.24, 2.45) is 0 Å². The highest BCUT2D eigenvalue weighted by atomic mass is 32.2. The van der Waals surface area contributed by atoms with E-state index in [4.69, 9.17) is 4.55 Å². The van der Waals surface area contributed by atoms with Gasteiger partial charge in [0.15, 0.2) is 0 Å². The average molecular weight is 246 g/mol. The maximum absolute atomic E-state index is 10.5. The molecular formula is C10H14O5S. The molecule has 0 atom stereocenters. The highest BCUT2D eigenvalue weighted by molar-refractivity contribution is 7.85. The van der Waals surface area contributed by atoms with Crippen molar-refractivity contribution in [1.82, 2.24) is 0 Å². The highest BCUT2D eigenvalue weighted by Gasteiger charge is 2.06. The standard InChI is InChI=1S/C7H8O3S.C3H6O2/c1-6-2-4-7(5-3-6)11(8,9)10;1-2-4-5-3-1/h2-5H,1H3,(H,8,9,10);1-3H2. The van der Waals surface area contributed by atoms with E-state index < -0.39 is 10.1 Å². The van der Waals surface area contributed by atoms with Gasteiger partial charge in [-0.15, -0.1) is 0 Å². The lowest BCUT2D eigenvalue weighted by Crippen LogP contribution is -1.96. The third-order valence-electron chi connectivity index (χ3n) is 1.86. The van der Waals surface area contributed by atoms with Gasteiger partial charge < -0.3 is 0 Å². The number of hydrogen-bond donors (Lipinski definition) is 1. The van der Waals surface area contributed by atoms with Gasteiger partial charge in [-0.3, -0.25) is 4.55 Å². The zero-order valence-corrected chi connectivity index (χ0v) is 9.74. The molecule has 0 amide bonds. The molecule has 1 aliphatic rings. The molecule has 5 nitrogen and oxygen atoms in total. The quantitative estimate of drug-likeness (QED) is 0.601. The van der Waals surface area contributed by atoms with Crippen molar-refractivity contribution in [3.8, 4) is 0 Å². The van der Waals surface area contributed by atoms with Crippen LogP contribution in [0.5, 0.6) is 0 Å². The van der Waals surface area contributed by atoms with Gasteiger partial charge in [-0.2, -0.15) is 8.42 Å². The summed E-state index contributed by atoms with van der Waals surface area (Å²) >= 11 is 0. The van der Waals surface area contributed by atoms with E-state index in [2.05, 4.69) is 9.78 Å². The van der Waals surface area contributed by atoms with Crippen LogP contribution in [0.1, 0.15) is 12.0 Å². The molecule has 0 aromatic heterocycles. The van der Waals surface area contributed by atoms with Crippen LogP contribution in [0.3, 0.4) is 0 Å². The maximum atomic E-state index is 10.5. The molecule has 90 valence electrons. The molecule has 1 heterocycles. The van der Waals surface area contributed by atoms with Gasteiger partial charge in [-0.05, 0) is 19.1 Å². The summed E-state index contributed by atoms with van der Waals surface area (Å²) in [5, 5.41) is 0. The predicted molar refractivity (Wildman–Crippen MR) is 57.5 cm³/mol. The largest absolute Gasteiger partial charge is 0.294 e. The third-order valence-corrected chi connectivity index (χ3v) is 2.73. The molecule has 1 aromatic carbocycles. The van der Waals surface area contributed by atoms with Crippen LogP contribution in [-0.4, -0.2) is 26.2 Å². The average Bonchev–Trinajstić information content (AvgIpc) is 2.74. The van der Waals surface area contributed by atoms with E-state index in [0.717, 1.165) is 25.2 Å². The normalized spacial score (nSPS) is 15.4. The zero-order valence-electron chi connectivity index (χ0n) is 8.92. The predicted octanol–water partition coefficient (Wildman–Crippen LogP) is 1.58. The van der Waals surface area contributed by atoms with Gasteiger partial charge in [-0.25, -0.2) is 9.78 Å². The lowest BCUT2D eigenvalue weighted by Gasteiger charge is -1.95. The minimum absolute atomic E-state index is 0.0666. The van der Waals surface area contributed by atoms with Gasteiger partial charge in [0.2, 0.25) is 0 Å². The summed E-state index contributed by atoms with van der Waals surface area (Å²) in [6.07, 6.45) is 1.06. The molecule has 0 saturated carbocycles. The molecule has 0 spiro atoms. The minimum Gasteiger partial charge on any atom is -0.282 e. The van der Waals surface area contributed by atoms with Crippen LogP contribution in [0.2, 0.25) is 0 Å². The second-order valence-electron chi connectivity index (χ2n) is 3.29. The van der Waals surface area contributed by atoms with Gasteiger partial charge >= 0.3 is 0 Å². The molecule has 1 N–H and O–H groups in total. The highest BCUT2D eigenvalue weighted by Crippen LogP contribution is 2.08. The molecule has 1 aromatic rings. The van der Waals surface area contributed by atoms with Gasteiger partial charge in [-0.1, -0.05) is 17.7 Å². The summed E-state index contributed by atoms with van der Waals surface area (Å²) in [6.45, 7) is 3.40. The molecular weight excluding hydrogens is 232 g/mol. The molecule has 0 radical (unpaired) electrons. The minimum atomic E-state index is -4.02. The first kappa shape index (κ1) is 13.1. The number of rotatable bonds is 1. The zero-order chi connectivity index (χ0) is 12.0. The van der Waals surface area contributed by atoms with E-state index >= 15 is 0 Å². The van der Waals surface area contributed by atoms with Gasteiger partial charge in [0.25, 0.3) is 10.1 Å². The van der Waals surface area contributed by atoms with Crippen LogP contribution in [0.4, 0.5) is 0 Å². The van der Waals surface area contributed by atoms with E-state index in [1.54, 1.807) is 12.1 Å². The lowest BCUT2D eigenvalue weighted by molar-refractivity contribution is -0.248. The second kappa shape index (κ2) is 5.95. The second-order valence-corrected chi connectivity index (χ2v) is 4.71. The maximum Gasteiger partial charge on any atom is 0.294 e. The summed E-state index contributed by atoms with van der Waals surface area (Å²) in [5.74, 6) is 0. The summed E-state index contributed by atoms with van der Waals surface area (Å²) < 4.78 is 29.6. The Bertz CT molecular complexity index is 398. The van der Waals surface area contributed by atoms with Crippen molar-refractivity contribution in [3.63, 3.8) is 0 Å². The van der Waals surface area contributed by atoms with Crippen molar-refractivity contribution in [1.29, 1.82) is 0 Å². The van der Waals surface area contributed by atoms with Crippen LogP contribution in [-0.2, 0) is 19.9 Å². The van der Waals surface area contributed by atoms with Crippen LogP contribution in [0.15, 0.2) is 29.2 Å². The Kier molecular flexibility index (Phi) is 4.88. The first-order valence-corrected chi connectivity index (χ1v) is 6.23. The molecule has 0 unspecified atom stereocenters. The van der Waals surface area contributed by atoms with Crippen molar-refractivity contribution in [2.75, 3.05) is 13.2 Å². The number of hydrogen-bond acceptors (Lipinski definition) is 4. The van der Waals surface area contributed by atoms with Crippen molar-refractivity contribution >= 4 is 10.1 Å². The van der Waals surface area contributed by atoms with Gasteiger partial charge in [0, 0.05) is 6.42 Å². The SMILES string of the molecule is C1COOC1.Cc1ccc(S(=O)(=O)O)cc1. The van der Waals surface area contributed by atoms with E-state index in [9.17, 15) is 8.42 Å². The molecule has 1 fully saturated rings. The van der Waals surface area contributed by atoms with Crippen LogP contribution >= 0.6 is 0 Å². The summed E-state index contributed by atoms with van der Waals surface area (Å²) in [5.41, 5.74) is 0.956. The van der Waals surface area contributed by atoms with Crippen molar-refractivity contribution in [2.45, 2.75) is 18.2 Å². The van der Waals surface area contributed by atoms with E-state index in [1.165, 1.54) is 12.1 Å². The smallest absolute Gasteiger partial charge is 0.282 e. The fourth-order valence-corrected chi connectivity index (χ4v) is 1.48. The number of aryl methyl sites for hydroxylation is 1. The Labute approximate surface area is 94.7 Å². The molecule has 1 saturated heterocycles. The first-order chi connectivity index (χ1) is 7.50. The van der Waals surface area contributed by atoms with Crippen LogP contribution < -0.4 is 0 Å². The third kappa shape index (κ3) is 4.71.